The van der Waals surface area contributed by atoms with Crippen LogP contribution < -0.4 is 0 Å². The summed E-state index contributed by atoms with van der Waals surface area (Å²) in [5, 5.41) is 0. The summed E-state index contributed by atoms with van der Waals surface area (Å²) < 4.78 is 67.5. The van der Waals surface area contributed by atoms with E-state index in [1.807, 2.05) is 0 Å². The van der Waals surface area contributed by atoms with Gasteiger partial charge in [0.2, 0.25) is 0 Å². The Bertz CT molecular complexity index is 169. The van der Waals surface area contributed by atoms with E-state index in [0.717, 1.165) is 0 Å². The van der Waals surface area contributed by atoms with Crippen molar-refractivity contribution in [2.24, 2.45) is 0 Å². The molecule has 0 N–H and O–H groups in total. The van der Waals surface area contributed by atoms with E-state index in [1.165, 1.54) is 0 Å². The Kier molecular flexibility index (Phi) is 8680000. The van der Waals surface area contributed by atoms with Crippen molar-refractivity contribution in [3.63, 3.8) is 0 Å². The van der Waals surface area contributed by atoms with E-state index in [2.05, 4.69) is 59.9 Å². The molecule has 121 valence electrons. The fourth-order valence-corrected chi connectivity index (χ4v) is 0. The molecule has 3 radical (unpaired) electrons. The first-order chi connectivity index (χ1) is 9.00. The third-order valence-corrected chi connectivity index (χ3v) is 0. The molecule has 0 heterocycles. The van der Waals surface area contributed by atoms with E-state index in [4.69, 9.17) is 41.9 Å². The Hall–Kier alpha value is -0.0816. The third-order valence-electron chi connectivity index (χ3n) is 0. The maximum atomic E-state index is 7.50. The molecule has 0 rings (SSSR count). The summed E-state index contributed by atoms with van der Waals surface area (Å²) in [6.45, 7) is 40.5. The largest absolute Gasteiger partial charge is 3.00 e. The first kappa shape index (κ1) is 138. The Morgan fingerprint density at radius 1 is 0.217 bits per heavy atom. The van der Waals surface area contributed by atoms with Crippen LogP contribution in [0.5, 0.6) is 0 Å². The second-order valence-corrected chi connectivity index (χ2v) is 0. The molecule has 9 nitrogen and oxygen atoms in total. The van der Waals surface area contributed by atoms with E-state index in [-0.39, 0.29) is 78.2 Å². The predicted molar refractivity (Wildman–Crippen MR) is 58.5 cm³/mol. The standard InChI is InChI=1S/9CO.3Fe.2H2S/c9*1-2;;;;;/h;;;;;;;;;;;;2*1H2/q;;;;;;;;;3*+3;;/p+2. The monoisotopic (exact) mass is 490 g/mol. The van der Waals surface area contributed by atoms with Gasteiger partial charge in [0.15, 0.2) is 0 Å². The summed E-state index contributed by atoms with van der Waals surface area (Å²) in [6, 6.07) is 0. The minimum atomic E-state index is 0. The number of hydrogen-bond donors (Lipinski definition) is 0. The van der Waals surface area contributed by atoms with Gasteiger partial charge in [-0.1, -0.05) is 27.0 Å². The molecule has 0 aliphatic carbocycles. The van der Waals surface area contributed by atoms with Crippen LogP contribution in [0.1, 0.15) is 0 Å². The van der Waals surface area contributed by atoms with Gasteiger partial charge in [-0.05, 0) is 0 Å². The Balaban J connectivity index is -0.00000000321. The molecule has 0 fully saturated rings. The molecule has 0 aliphatic heterocycles. The minimum Gasteiger partial charge on any atom is -0.0576 e. The van der Waals surface area contributed by atoms with E-state index in [9.17, 15) is 0 Å². The van der Waals surface area contributed by atoms with Gasteiger partial charge in [-0.3, -0.25) is 0 Å². The van der Waals surface area contributed by atoms with Crippen LogP contribution in [0, 0.1) is 59.9 Å². The third kappa shape index (κ3) is 1310000. The van der Waals surface area contributed by atoms with Crippen LogP contribution in [0.15, 0.2) is 0 Å². The minimum absolute atomic E-state index is 0. The smallest absolute Gasteiger partial charge is 0.0576 e. The normalized spacial score (nSPS) is 0.783. The summed E-state index contributed by atoms with van der Waals surface area (Å²) in [4.78, 5) is 0. The fourth-order valence-electron chi connectivity index (χ4n) is 0. The molecule has 0 aliphatic rings. The molecule has 0 unspecified atom stereocenters. The van der Waals surface area contributed by atoms with Crippen LogP contribution in [0.4, 0.5) is 0 Å². The fraction of sp³-hybridized carbons (Fsp3) is 0. The van der Waals surface area contributed by atoms with Crippen molar-refractivity contribution < 1.29 is 93.1 Å². The first-order valence-electron chi connectivity index (χ1n) is 1.84. The SMILES string of the molecule is [C-]#[O+].[C-]#[O+].[C-]#[O+].[C-]#[O+].[C-]#[O+].[C-]#[O+].[C-]#[O+].[C-]#[O+].[C-]#[O+].[Fe+3].[Fe+3].[Fe+3].[SH3+].[SH3+]. The van der Waals surface area contributed by atoms with Crippen molar-refractivity contribution in [2.75, 3.05) is 0 Å². The summed E-state index contributed by atoms with van der Waals surface area (Å²) in [5.74, 6) is 0. The molecule has 0 saturated carbocycles. The molecular formula is C9H6Fe3O9S2+11. The molecule has 0 saturated heterocycles. The van der Waals surface area contributed by atoms with Crippen LogP contribution in [-0.2, 0) is 120 Å². The van der Waals surface area contributed by atoms with Gasteiger partial charge >= 0.3 is 153 Å². The van der Waals surface area contributed by atoms with Crippen LogP contribution in [-0.4, -0.2) is 0 Å². The van der Waals surface area contributed by atoms with Crippen LogP contribution in [0.2, 0.25) is 0 Å². The predicted octanol–water partition coefficient (Wildman–Crippen LogP) is -1.96. The topological polar surface area (TPSA) is 179 Å². The van der Waals surface area contributed by atoms with E-state index in [1.54, 1.807) is 0 Å². The molecule has 0 aromatic rings. The van der Waals surface area contributed by atoms with E-state index < -0.39 is 0 Å². The zero-order valence-corrected chi connectivity index (χ0v) is 16.0. The molecule has 0 spiro atoms. The Morgan fingerprint density at radius 2 is 0.217 bits per heavy atom. The van der Waals surface area contributed by atoms with Crippen molar-refractivity contribution in [2.45, 2.75) is 0 Å². The van der Waals surface area contributed by atoms with Gasteiger partial charge in [0.05, 0.1) is 0 Å². The van der Waals surface area contributed by atoms with Crippen LogP contribution in [0.25, 0.3) is 0 Å². The molecule has 23 heavy (non-hydrogen) atoms. The summed E-state index contributed by atoms with van der Waals surface area (Å²) >= 11 is 0. The number of rotatable bonds is 0. The van der Waals surface area contributed by atoms with Crippen molar-refractivity contribution in [1.29, 1.82) is 0 Å². The van der Waals surface area contributed by atoms with Gasteiger partial charge in [0.25, 0.3) is 0 Å². The van der Waals surface area contributed by atoms with Gasteiger partial charge in [0.1, 0.15) is 0 Å². The van der Waals surface area contributed by atoms with Crippen molar-refractivity contribution in [1.82, 2.24) is 0 Å². The molecular weight excluding hydrogens is 484 g/mol. The van der Waals surface area contributed by atoms with Crippen molar-refractivity contribution in [3.05, 3.63) is 59.9 Å². The maximum Gasteiger partial charge on any atom is 3.00 e. The van der Waals surface area contributed by atoms with Gasteiger partial charge in [-0.25, -0.2) is 0 Å². The van der Waals surface area contributed by atoms with Crippen LogP contribution in [0.3, 0.4) is 0 Å². The maximum absolute atomic E-state index is 7.50. The molecule has 0 atom stereocenters. The molecule has 14 heteroatoms. The molecule has 0 bridgehead atoms. The zero-order valence-electron chi connectivity index (χ0n) is 10.4. The average molecular weight is 490 g/mol. The molecule has 0 aromatic heterocycles. The van der Waals surface area contributed by atoms with Crippen molar-refractivity contribution >= 4 is 27.0 Å². The Morgan fingerprint density at radius 3 is 0.217 bits per heavy atom. The average Bonchev–Trinajstić information content (AvgIpc) is 2.63. The summed E-state index contributed by atoms with van der Waals surface area (Å²) in [6.07, 6.45) is 0. The van der Waals surface area contributed by atoms with E-state index >= 15 is 0 Å². The quantitative estimate of drug-likeness (QED) is 0.208. The molecule has 0 aromatic carbocycles. The van der Waals surface area contributed by atoms with Gasteiger partial charge in [-0.2, -0.15) is 0 Å². The zero-order chi connectivity index (χ0) is 18.0. The second kappa shape index (κ2) is 1440000. The van der Waals surface area contributed by atoms with Gasteiger partial charge in [0, 0.05) is 0 Å². The molecule has 0 amide bonds. The van der Waals surface area contributed by atoms with Gasteiger partial charge < -0.3 is 0 Å². The second-order valence-electron chi connectivity index (χ2n) is 0. The summed E-state index contributed by atoms with van der Waals surface area (Å²) in [5.41, 5.74) is 0. The van der Waals surface area contributed by atoms with E-state index in [0.29, 0.717) is 0 Å². The Labute approximate surface area is 179 Å². The van der Waals surface area contributed by atoms with Crippen LogP contribution >= 0.6 is 0 Å². The first-order valence-corrected chi connectivity index (χ1v) is 1.84. The summed E-state index contributed by atoms with van der Waals surface area (Å²) in [7, 11) is 0. The number of hydrogen-bond acceptors (Lipinski definition) is 0. The van der Waals surface area contributed by atoms with Gasteiger partial charge in [-0.15, -0.1) is 0 Å². The van der Waals surface area contributed by atoms with Crippen molar-refractivity contribution in [3.8, 4) is 0 Å².